The summed E-state index contributed by atoms with van der Waals surface area (Å²) in [6.45, 7) is 1.07. The molecule has 0 bridgehead atoms. The minimum atomic E-state index is -0.0578. The molecule has 5 heteroatoms. The van der Waals surface area contributed by atoms with E-state index in [0.29, 0.717) is 24.9 Å². The quantitative estimate of drug-likeness (QED) is 0.756. The summed E-state index contributed by atoms with van der Waals surface area (Å²) in [4.78, 5) is 12.6. The molecule has 0 fully saturated rings. The zero-order chi connectivity index (χ0) is 16.9. The summed E-state index contributed by atoms with van der Waals surface area (Å²) in [6, 6.07) is 15.5. The third kappa shape index (κ3) is 3.31. The van der Waals surface area contributed by atoms with E-state index in [9.17, 15) is 4.79 Å². The van der Waals surface area contributed by atoms with Gasteiger partial charge in [0.05, 0.1) is 18.2 Å². The standard InChI is InChI=1S/C19H21N3O2/c1-24-15-9-7-14(8-10-15)13-18-16-5-2-3-6-17(16)19(23)22(21-18)12-4-11-20/h2-3,5-10H,4,11-13,20H2,1H3. The SMILES string of the molecule is COc1ccc(Cc2nn(CCCN)c(=O)c3ccccc23)cc1. The van der Waals surface area contributed by atoms with E-state index in [0.717, 1.165) is 28.8 Å². The second kappa shape index (κ2) is 7.27. The molecule has 0 unspecified atom stereocenters. The number of rotatable bonds is 6. The lowest BCUT2D eigenvalue weighted by molar-refractivity contribution is 0.414. The third-order valence-electron chi connectivity index (χ3n) is 4.05. The summed E-state index contributed by atoms with van der Waals surface area (Å²) < 4.78 is 6.73. The molecule has 0 aliphatic heterocycles. The minimum Gasteiger partial charge on any atom is -0.497 e. The van der Waals surface area contributed by atoms with Crippen LogP contribution in [0, 0.1) is 0 Å². The molecule has 0 saturated carbocycles. The maximum atomic E-state index is 12.6. The van der Waals surface area contributed by atoms with Crippen molar-refractivity contribution in [3.8, 4) is 5.75 Å². The van der Waals surface area contributed by atoms with Gasteiger partial charge in [-0.25, -0.2) is 4.68 Å². The van der Waals surface area contributed by atoms with E-state index in [1.165, 1.54) is 4.68 Å². The first-order chi connectivity index (χ1) is 11.7. The Morgan fingerprint density at radius 3 is 2.46 bits per heavy atom. The lowest BCUT2D eigenvalue weighted by Gasteiger charge is -2.11. The molecule has 24 heavy (non-hydrogen) atoms. The first kappa shape index (κ1) is 16.2. The van der Waals surface area contributed by atoms with Crippen molar-refractivity contribution >= 4 is 10.8 Å². The van der Waals surface area contributed by atoms with Crippen LogP contribution >= 0.6 is 0 Å². The molecule has 0 aliphatic carbocycles. The molecule has 2 aromatic carbocycles. The van der Waals surface area contributed by atoms with E-state index in [2.05, 4.69) is 5.10 Å². The number of benzene rings is 2. The van der Waals surface area contributed by atoms with Crippen molar-refractivity contribution in [3.05, 3.63) is 70.1 Å². The fraction of sp³-hybridized carbons (Fsp3) is 0.263. The number of nitrogens with zero attached hydrogens (tertiary/aromatic N) is 2. The van der Waals surface area contributed by atoms with Gasteiger partial charge in [0.1, 0.15) is 5.75 Å². The summed E-state index contributed by atoms with van der Waals surface area (Å²) in [5, 5.41) is 6.20. The van der Waals surface area contributed by atoms with Crippen molar-refractivity contribution in [2.45, 2.75) is 19.4 Å². The van der Waals surface area contributed by atoms with Gasteiger partial charge in [0.2, 0.25) is 0 Å². The van der Waals surface area contributed by atoms with Crippen LogP contribution in [0.25, 0.3) is 10.8 Å². The molecule has 1 aromatic heterocycles. The minimum absolute atomic E-state index is 0.0578. The van der Waals surface area contributed by atoms with Gasteiger partial charge in [-0.1, -0.05) is 30.3 Å². The molecule has 3 aromatic rings. The zero-order valence-corrected chi connectivity index (χ0v) is 13.7. The largest absolute Gasteiger partial charge is 0.497 e. The van der Waals surface area contributed by atoms with Gasteiger partial charge in [-0.2, -0.15) is 5.10 Å². The number of nitrogens with two attached hydrogens (primary N) is 1. The Kier molecular flexibility index (Phi) is 4.91. The summed E-state index contributed by atoms with van der Waals surface area (Å²) in [5.41, 5.74) is 7.53. The molecule has 0 aliphatic rings. The number of hydrogen-bond acceptors (Lipinski definition) is 4. The molecule has 2 N–H and O–H groups in total. The molecule has 124 valence electrons. The lowest BCUT2D eigenvalue weighted by Crippen LogP contribution is -2.26. The molecule has 5 nitrogen and oxygen atoms in total. The Morgan fingerprint density at radius 2 is 1.79 bits per heavy atom. The Morgan fingerprint density at radius 1 is 1.08 bits per heavy atom. The normalized spacial score (nSPS) is 10.9. The van der Waals surface area contributed by atoms with Gasteiger partial charge >= 0.3 is 0 Å². The molecule has 0 amide bonds. The summed E-state index contributed by atoms with van der Waals surface area (Å²) in [5.74, 6) is 0.824. The van der Waals surface area contributed by atoms with Gasteiger partial charge in [0.25, 0.3) is 5.56 Å². The maximum Gasteiger partial charge on any atom is 0.274 e. The lowest BCUT2D eigenvalue weighted by atomic mass is 10.0. The van der Waals surface area contributed by atoms with E-state index in [1.807, 2.05) is 48.5 Å². The van der Waals surface area contributed by atoms with Gasteiger partial charge in [-0.15, -0.1) is 0 Å². The Labute approximate surface area is 140 Å². The van der Waals surface area contributed by atoms with Crippen LogP contribution in [0.2, 0.25) is 0 Å². The van der Waals surface area contributed by atoms with Crippen LogP contribution in [0.15, 0.2) is 53.3 Å². The smallest absolute Gasteiger partial charge is 0.274 e. The third-order valence-corrected chi connectivity index (χ3v) is 4.05. The average Bonchev–Trinajstić information content (AvgIpc) is 2.63. The Bertz CT molecular complexity index is 885. The van der Waals surface area contributed by atoms with Crippen LogP contribution in [-0.2, 0) is 13.0 Å². The number of ether oxygens (including phenoxy) is 1. The first-order valence-electron chi connectivity index (χ1n) is 8.04. The summed E-state index contributed by atoms with van der Waals surface area (Å²) >= 11 is 0. The molecule has 1 heterocycles. The number of aryl methyl sites for hydroxylation is 1. The Hall–Kier alpha value is -2.66. The highest BCUT2D eigenvalue weighted by Gasteiger charge is 2.10. The highest BCUT2D eigenvalue weighted by atomic mass is 16.5. The van der Waals surface area contributed by atoms with Crippen molar-refractivity contribution in [1.29, 1.82) is 0 Å². The van der Waals surface area contributed by atoms with E-state index in [-0.39, 0.29) is 5.56 Å². The highest BCUT2D eigenvalue weighted by Crippen LogP contribution is 2.19. The fourth-order valence-electron chi connectivity index (χ4n) is 2.77. The summed E-state index contributed by atoms with van der Waals surface area (Å²) in [7, 11) is 1.65. The predicted octanol–water partition coefficient (Wildman–Crippen LogP) is 2.34. The van der Waals surface area contributed by atoms with Crippen molar-refractivity contribution in [2.75, 3.05) is 13.7 Å². The van der Waals surface area contributed by atoms with Crippen LogP contribution in [-0.4, -0.2) is 23.4 Å². The highest BCUT2D eigenvalue weighted by molar-refractivity contribution is 5.83. The second-order valence-electron chi connectivity index (χ2n) is 5.69. The van der Waals surface area contributed by atoms with Crippen molar-refractivity contribution < 1.29 is 4.74 Å². The van der Waals surface area contributed by atoms with E-state index < -0.39 is 0 Å². The van der Waals surface area contributed by atoms with Crippen molar-refractivity contribution in [2.24, 2.45) is 5.73 Å². The topological polar surface area (TPSA) is 70.1 Å². The van der Waals surface area contributed by atoms with Crippen LogP contribution in [0.5, 0.6) is 5.75 Å². The molecule has 0 saturated heterocycles. The molecule has 3 rings (SSSR count). The van der Waals surface area contributed by atoms with Crippen molar-refractivity contribution in [3.63, 3.8) is 0 Å². The second-order valence-corrected chi connectivity index (χ2v) is 5.69. The van der Waals surface area contributed by atoms with Crippen LogP contribution < -0.4 is 16.0 Å². The van der Waals surface area contributed by atoms with Gasteiger partial charge < -0.3 is 10.5 Å². The monoisotopic (exact) mass is 323 g/mol. The van der Waals surface area contributed by atoms with E-state index >= 15 is 0 Å². The van der Waals surface area contributed by atoms with E-state index in [1.54, 1.807) is 7.11 Å². The number of aromatic nitrogens is 2. The van der Waals surface area contributed by atoms with Gasteiger partial charge in [-0.05, 0) is 36.7 Å². The molecular weight excluding hydrogens is 302 g/mol. The molecule has 0 spiro atoms. The van der Waals surface area contributed by atoms with Gasteiger partial charge in [0.15, 0.2) is 0 Å². The molecule has 0 atom stereocenters. The number of methoxy groups -OCH3 is 1. The number of hydrogen-bond donors (Lipinski definition) is 1. The van der Waals surface area contributed by atoms with Crippen LogP contribution in [0.4, 0.5) is 0 Å². The maximum absolute atomic E-state index is 12.6. The predicted molar refractivity (Wildman–Crippen MR) is 95.5 cm³/mol. The first-order valence-corrected chi connectivity index (χ1v) is 8.04. The van der Waals surface area contributed by atoms with Gasteiger partial charge in [0, 0.05) is 18.4 Å². The van der Waals surface area contributed by atoms with Crippen LogP contribution in [0.3, 0.4) is 0 Å². The number of fused-ring (bicyclic) bond motifs is 1. The van der Waals surface area contributed by atoms with Gasteiger partial charge in [-0.3, -0.25) is 4.79 Å². The molecule has 0 radical (unpaired) electrons. The average molecular weight is 323 g/mol. The fourth-order valence-corrected chi connectivity index (χ4v) is 2.77. The Balaban J connectivity index is 2.04. The van der Waals surface area contributed by atoms with Crippen LogP contribution in [0.1, 0.15) is 17.7 Å². The van der Waals surface area contributed by atoms with E-state index in [4.69, 9.17) is 10.5 Å². The van der Waals surface area contributed by atoms with Crippen molar-refractivity contribution in [1.82, 2.24) is 9.78 Å². The zero-order valence-electron chi connectivity index (χ0n) is 13.7. The molecular formula is C19H21N3O2. The summed E-state index contributed by atoms with van der Waals surface area (Å²) in [6.07, 6.45) is 1.39.